The van der Waals surface area contributed by atoms with Crippen molar-refractivity contribution in [3.05, 3.63) is 350 Å². The fourth-order valence-electron chi connectivity index (χ4n) is 14.6. The largest absolute Gasteiger partial charge is 0.497 e. The van der Waals surface area contributed by atoms with Crippen LogP contribution < -0.4 is 14.4 Å². The number of benzene rings is 10. The van der Waals surface area contributed by atoms with Gasteiger partial charge in [-0.3, -0.25) is 48.5 Å². The molecule has 10 aromatic carbocycles. The monoisotopic (exact) mass is 1890 g/mol. The van der Waals surface area contributed by atoms with E-state index in [2.05, 4.69) is 153 Å². The molecule has 0 spiro atoms. The average Bonchev–Trinajstić information content (AvgIpc) is 0.939. The Hall–Kier alpha value is -12.2. The van der Waals surface area contributed by atoms with Gasteiger partial charge in [-0.1, -0.05) is 207 Å². The predicted molar refractivity (Wildman–Crippen MR) is 529 cm³/mol. The van der Waals surface area contributed by atoms with E-state index in [1.165, 1.54) is 67.9 Å². The van der Waals surface area contributed by atoms with Crippen molar-refractivity contribution in [2.75, 3.05) is 105 Å². The number of nitrogens with zero attached hydrogens (tertiary/aromatic N) is 6. The second-order valence-corrected chi connectivity index (χ2v) is 36.8. The minimum absolute atomic E-state index is 0.0104. The van der Waals surface area contributed by atoms with Gasteiger partial charge < -0.3 is 39.9 Å². The molecule has 3 heterocycles. The zero-order valence-electron chi connectivity index (χ0n) is 76.7. The smallest absolute Gasteiger partial charge is 0.320 e. The Labute approximate surface area is 801 Å². The number of anilines is 1. The molecule has 3 unspecified atom stereocenters. The van der Waals surface area contributed by atoms with Crippen molar-refractivity contribution in [3.8, 4) is 35.2 Å². The van der Waals surface area contributed by atoms with Crippen molar-refractivity contribution < 1.29 is 76.5 Å². The van der Waals surface area contributed by atoms with Gasteiger partial charge >= 0.3 is 29.8 Å². The van der Waals surface area contributed by atoms with Crippen LogP contribution in [0.15, 0.2) is 303 Å². The lowest BCUT2D eigenvalue weighted by Gasteiger charge is -2.45. The van der Waals surface area contributed by atoms with E-state index in [-0.39, 0.29) is 66.7 Å². The summed E-state index contributed by atoms with van der Waals surface area (Å²) in [5.41, 5.74) is 9.71. The number of carboxylic acid groups (broad SMARTS) is 5. The topological polar surface area (TPSA) is 224 Å². The first-order valence-electron chi connectivity index (χ1n) is 43.8. The molecule has 4 atom stereocenters. The Morgan fingerprint density at radius 2 is 1.07 bits per heavy atom. The zero-order valence-corrected chi connectivity index (χ0v) is 79.9. The lowest BCUT2D eigenvalue weighted by Crippen LogP contribution is -2.57. The first-order chi connectivity index (χ1) is 64.2. The number of aliphatic carboxylic acids is 5. The van der Waals surface area contributed by atoms with Gasteiger partial charge in [0.15, 0.2) is 0 Å². The summed E-state index contributed by atoms with van der Waals surface area (Å²) in [6.07, 6.45) is 7.60. The van der Waals surface area contributed by atoms with E-state index in [1.54, 1.807) is 96.4 Å². The fourth-order valence-corrected chi connectivity index (χ4v) is 17.3. The maximum absolute atomic E-state index is 14.8. The van der Waals surface area contributed by atoms with Gasteiger partial charge in [-0.25, -0.2) is 8.78 Å². The average molecular weight is 1900 g/mol. The maximum Gasteiger partial charge on any atom is 0.320 e. The molecule has 0 radical (unpaired) electrons. The highest BCUT2D eigenvalue weighted by Gasteiger charge is 2.35. The number of rotatable bonds is 33. The molecular formula is C108H115ClF4N6O12S3. The second kappa shape index (κ2) is 53.6. The number of methoxy groups -OCH3 is 1. The van der Waals surface area contributed by atoms with E-state index in [4.69, 9.17) is 41.5 Å². The van der Waals surface area contributed by atoms with Crippen molar-refractivity contribution in [3.63, 3.8) is 0 Å². The molecule has 0 amide bonds. The molecule has 5 N–H and O–H groups in total. The normalized spacial score (nSPS) is 14.7. The molecule has 2 fully saturated rings. The number of alkyl halides is 2. The van der Waals surface area contributed by atoms with Gasteiger partial charge in [0.25, 0.3) is 5.92 Å². The van der Waals surface area contributed by atoms with Crippen molar-refractivity contribution in [2.45, 2.75) is 122 Å². The zero-order chi connectivity index (χ0) is 96.7. The molecule has 134 heavy (non-hydrogen) atoms. The van der Waals surface area contributed by atoms with E-state index < -0.39 is 47.7 Å². The summed E-state index contributed by atoms with van der Waals surface area (Å²) < 4.78 is 67.0. The number of carboxylic acids is 5. The first-order valence-corrected chi connectivity index (χ1v) is 46.8. The van der Waals surface area contributed by atoms with Crippen LogP contribution in [0.25, 0.3) is 11.1 Å². The number of carbonyl (C=O) groups is 5. The van der Waals surface area contributed by atoms with Gasteiger partial charge in [0.1, 0.15) is 35.3 Å². The number of halogens is 5. The molecule has 0 bridgehead atoms. The Kier molecular flexibility index (Phi) is 42.2. The highest BCUT2D eigenvalue weighted by molar-refractivity contribution is 7.99. The van der Waals surface area contributed by atoms with Crippen LogP contribution in [0.4, 0.5) is 23.2 Å². The number of hydrogen-bond acceptors (Lipinski definition) is 16. The summed E-state index contributed by atoms with van der Waals surface area (Å²) in [6.45, 7) is 15.7. The number of piperazine rings is 1. The molecule has 2 aliphatic rings. The number of hydrogen-bond donors (Lipinski definition) is 5. The van der Waals surface area contributed by atoms with E-state index >= 15 is 0 Å². The van der Waals surface area contributed by atoms with E-state index in [0.717, 1.165) is 126 Å². The number of likely N-dealkylation sites (N-methyl/N-ethyl adjacent to an activating group) is 3. The van der Waals surface area contributed by atoms with Gasteiger partial charge in [0.2, 0.25) is 0 Å². The molecule has 0 saturated carbocycles. The molecule has 2 aliphatic heterocycles. The molecule has 702 valence electrons. The molecule has 18 nitrogen and oxygen atoms in total. The van der Waals surface area contributed by atoms with E-state index in [1.807, 2.05) is 125 Å². The summed E-state index contributed by atoms with van der Waals surface area (Å²) in [4.78, 5) is 71.4. The van der Waals surface area contributed by atoms with Crippen LogP contribution >= 0.6 is 46.5 Å². The first kappa shape index (κ1) is 105. The minimum Gasteiger partial charge on any atom is -0.497 e. The van der Waals surface area contributed by atoms with Crippen LogP contribution in [-0.2, 0) is 41.7 Å². The number of likely N-dealkylation sites (tertiary alicyclic amines) is 1. The van der Waals surface area contributed by atoms with Crippen molar-refractivity contribution >= 4 is 93.1 Å². The maximum atomic E-state index is 14.8. The summed E-state index contributed by atoms with van der Waals surface area (Å²) >= 11 is 11.3. The van der Waals surface area contributed by atoms with Crippen LogP contribution in [0.2, 0.25) is 5.02 Å². The highest BCUT2D eigenvalue weighted by Crippen LogP contribution is 2.41. The van der Waals surface area contributed by atoms with Crippen LogP contribution in [0.3, 0.4) is 0 Å². The SMILES string of the molecule is CC(C)(C)c1ccc(Sc2ccccc2CCCN2CCC[C@H]2C(=O)O)cc1.CN(C/C=C(/C#Cc1ccc(F)cc1)c1ccccc1)CC(=O)O.CN(C/C=C(/C#Cc1ccsc1)c1ccccc1)CC(=O)O.CN(CCC(Oc1ccc(C(F)(F)c2ccc(F)cc2)cc1)c1cccc(Cl)c1)CC(=O)O.COc1ccc(Sc2ccccc2N2CC(C)N(CC(=O)O)CC2C)cc1. The highest BCUT2D eigenvalue weighted by atomic mass is 35.5. The van der Waals surface area contributed by atoms with Crippen molar-refractivity contribution in [1.29, 1.82) is 0 Å². The van der Waals surface area contributed by atoms with Gasteiger partial charge in [0, 0.05) is 115 Å². The van der Waals surface area contributed by atoms with Gasteiger partial charge in [-0.2, -0.15) is 20.1 Å². The molecule has 1 aromatic heterocycles. The number of aryl methyl sites for hydroxylation is 1. The molecule has 2 saturated heterocycles. The Bertz CT molecular complexity index is 5760. The predicted octanol–water partition coefficient (Wildman–Crippen LogP) is 22.1. The van der Waals surface area contributed by atoms with Gasteiger partial charge in [-0.15, -0.1) is 0 Å². The summed E-state index contributed by atoms with van der Waals surface area (Å²) in [5, 5.41) is 49.6. The van der Waals surface area contributed by atoms with Crippen LogP contribution in [-0.4, -0.2) is 198 Å². The molecular weight excluding hydrogens is 1780 g/mol. The summed E-state index contributed by atoms with van der Waals surface area (Å²) in [5.74, 6) is 5.42. The van der Waals surface area contributed by atoms with E-state index in [0.29, 0.717) is 36.8 Å². The molecule has 13 rings (SSSR count). The molecule has 26 heteroatoms. The number of thiophene rings is 1. The number of para-hydroxylation sites is 1. The third-order valence-electron chi connectivity index (χ3n) is 21.7. The quantitative estimate of drug-likeness (QED) is 0.0190. The Morgan fingerprint density at radius 1 is 0.560 bits per heavy atom. The van der Waals surface area contributed by atoms with Crippen LogP contribution in [0.1, 0.15) is 116 Å². The number of ether oxygens (including phenoxy) is 2. The Morgan fingerprint density at radius 3 is 1.60 bits per heavy atom. The molecule has 0 aliphatic carbocycles. The van der Waals surface area contributed by atoms with Gasteiger partial charge in [-0.05, 0) is 258 Å². The third-order valence-corrected chi connectivity index (χ3v) is 24.8. The summed E-state index contributed by atoms with van der Waals surface area (Å²) in [6, 6.07) is 78.3. The molecule has 11 aromatic rings. The lowest BCUT2D eigenvalue weighted by atomic mass is 9.87. The third kappa shape index (κ3) is 35.6. The van der Waals surface area contributed by atoms with Crippen LogP contribution in [0.5, 0.6) is 11.5 Å². The van der Waals surface area contributed by atoms with Crippen molar-refractivity contribution in [1.82, 2.24) is 24.5 Å². The fraction of sp³-hybridized carbons (Fsp3) is 0.287. The Balaban J connectivity index is 0.000000189. The van der Waals surface area contributed by atoms with Gasteiger partial charge in [0.05, 0.1) is 39.0 Å². The van der Waals surface area contributed by atoms with Crippen molar-refractivity contribution in [2.24, 2.45) is 0 Å². The summed E-state index contributed by atoms with van der Waals surface area (Å²) in [7, 11) is 6.87. The number of allylic oxidation sites excluding steroid dienone is 2. The van der Waals surface area contributed by atoms with E-state index in [9.17, 15) is 46.6 Å². The lowest BCUT2D eigenvalue weighted by molar-refractivity contribution is -0.142. The van der Waals surface area contributed by atoms with Crippen LogP contribution in [0, 0.1) is 35.3 Å². The second-order valence-electron chi connectivity index (χ2n) is 33.4. The minimum atomic E-state index is -3.29. The standard InChI is InChI=1S/C25H23ClF3NO3.C24H31NO2S.C21H26N2O3S.C20H18FNO2.C18H17NO2S/c1-30(16-24(31)32)14-13-23(17-3-2-4-20(26)15-17)33-22-11-7-19(8-12-22)25(28,29)18-5-9-21(27)10-6-18;1-24(2,3)19-12-14-20(15-13-19)28-22-11-5-4-8-18(22)9-6-16-25-17-7-10-21(25)23(26)27;1-15-13-23(16(2)12-22(15)14-21(24)25)19-6-4-5-7-20(19)27-18-10-8-17(26-3)9-11-18;1-22(15-20(23)24)14-13-18(17-5-3-2-4-6-17)10-7-16-8-11-19(21)12-9-16;1-19(13-18(20)21)11-9-17(16-5-3-2-4-6-16)8-7-15-10-12-22-14-15/h2-12,15,23H,13-14,16H2,1H3,(H,31,32);4-5,8,11-15,21H,6-7,9-10,16-17H2,1-3H3,(H,26,27);4-11,15-16H,12-14H2,1-3H3,(H,24,25);2-6,8-9,11-13H,14-15H2,1H3,(H,23,24);2-6,9-10,12,14H,11,13H2,1H3,(H,20,21)/b;;;18-13-;17-9-/t;21-;;;/m.0.../s1.